The lowest BCUT2D eigenvalue weighted by molar-refractivity contribution is -0.116. The van der Waals surface area contributed by atoms with Gasteiger partial charge >= 0.3 is 0 Å². The van der Waals surface area contributed by atoms with Gasteiger partial charge in [0.1, 0.15) is 11.4 Å². The summed E-state index contributed by atoms with van der Waals surface area (Å²) in [5, 5.41) is 32.5. The summed E-state index contributed by atoms with van der Waals surface area (Å²) >= 11 is 0. The van der Waals surface area contributed by atoms with Crippen LogP contribution in [0.1, 0.15) is 51.4 Å². The van der Waals surface area contributed by atoms with Crippen LogP contribution in [-0.2, 0) is 9.59 Å². The minimum atomic E-state index is -0.0569. The summed E-state index contributed by atoms with van der Waals surface area (Å²) in [5.74, 6) is -0.114. The highest BCUT2D eigenvalue weighted by molar-refractivity contribution is 5.95. The molecule has 0 unspecified atom stereocenters. The Bertz CT molecular complexity index is 2360. The Labute approximate surface area is 323 Å². The zero-order valence-corrected chi connectivity index (χ0v) is 31.0. The standard InChI is InChI=1S/C43H43N11O2/c55-42(24-44-32-9-1-2-10-32)46-34-13-5-7-28(20-34)40-26-53(51-49-40)36-17-15-30-19-31-16-18-37(23-39(31)48-38(30)22-36)54-27-41(50-52-54)29-8-6-14-35(21-29)47-43(56)25-45-33-11-3-4-12-33/h5-8,13-23,26-27,32-33,44-45H,1-4,9-12,24-25H2,(H,46,55)(H,47,56). The molecule has 2 fully saturated rings. The molecule has 0 aliphatic heterocycles. The number of aromatic nitrogens is 7. The maximum Gasteiger partial charge on any atom is 0.238 e. The van der Waals surface area contributed by atoms with Crippen LogP contribution in [-0.4, -0.2) is 72.0 Å². The quantitative estimate of drug-likeness (QED) is 0.0986. The first-order chi connectivity index (χ1) is 27.5. The predicted molar refractivity (Wildman–Crippen MR) is 218 cm³/mol. The second-order valence-electron chi connectivity index (χ2n) is 14.8. The van der Waals surface area contributed by atoms with Crippen LogP contribution in [0.15, 0.2) is 103 Å². The Morgan fingerprint density at radius 1 is 0.571 bits per heavy atom. The van der Waals surface area contributed by atoms with Crippen LogP contribution in [0, 0.1) is 0 Å². The van der Waals surface area contributed by atoms with E-state index in [1.165, 1.54) is 25.7 Å². The van der Waals surface area contributed by atoms with Crippen LogP contribution in [0.2, 0.25) is 0 Å². The number of benzene rings is 4. The van der Waals surface area contributed by atoms with Crippen molar-refractivity contribution in [2.24, 2.45) is 0 Å². The van der Waals surface area contributed by atoms with Crippen LogP contribution < -0.4 is 21.3 Å². The zero-order valence-electron chi connectivity index (χ0n) is 31.0. The summed E-state index contributed by atoms with van der Waals surface area (Å²) < 4.78 is 3.47. The summed E-state index contributed by atoms with van der Waals surface area (Å²) in [4.78, 5) is 30.2. The lowest BCUT2D eigenvalue weighted by Crippen LogP contribution is -2.34. The molecule has 2 aliphatic carbocycles. The van der Waals surface area contributed by atoms with Gasteiger partial charge in [-0.25, -0.2) is 14.3 Å². The van der Waals surface area contributed by atoms with Crippen molar-refractivity contribution in [1.29, 1.82) is 0 Å². The van der Waals surface area contributed by atoms with Crippen LogP contribution in [0.25, 0.3) is 55.7 Å². The molecule has 3 aromatic heterocycles. The van der Waals surface area contributed by atoms with Crippen molar-refractivity contribution < 1.29 is 9.59 Å². The number of amides is 2. The van der Waals surface area contributed by atoms with Gasteiger partial charge in [0.2, 0.25) is 11.8 Å². The molecular formula is C43H43N11O2. The normalized spacial score (nSPS) is 14.9. The molecule has 13 heteroatoms. The third kappa shape index (κ3) is 8.04. The summed E-state index contributed by atoms with van der Waals surface area (Å²) in [6.07, 6.45) is 13.2. The molecule has 3 heterocycles. The molecule has 0 radical (unpaired) electrons. The number of anilines is 2. The predicted octanol–water partition coefficient (Wildman–Crippen LogP) is 6.82. The van der Waals surface area contributed by atoms with Gasteiger partial charge in [-0.15, -0.1) is 10.2 Å². The smallest absolute Gasteiger partial charge is 0.238 e. The number of hydrogen-bond acceptors (Lipinski definition) is 9. The minimum Gasteiger partial charge on any atom is -0.325 e. The van der Waals surface area contributed by atoms with E-state index in [-0.39, 0.29) is 11.8 Å². The van der Waals surface area contributed by atoms with E-state index in [1.54, 1.807) is 9.36 Å². The maximum absolute atomic E-state index is 12.6. The number of pyridine rings is 1. The van der Waals surface area contributed by atoms with Gasteiger partial charge in [-0.1, -0.05) is 72.5 Å². The number of fused-ring (bicyclic) bond motifs is 2. The van der Waals surface area contributed by atoms with E-state index in [0.29, 0.717) is 36.6 Å². The van der Waals surface area contributed by atoms with E-state index in [1.807, 2.05) is 97.3 Å². The maximum atomic E-state index is 12.6. The van der Waals surface area contributed by atoms with Gasteiger partial charge in [0, 0.05) is 45.4 Å². The van der Waals surface area contributed by atoms with Crippen molar-refractivity contribution in [1.82, 2.24) is 45.6 Å². The van der Waals surface area contributed by atoms with Crippen molar-refractivity contribution in [2.45, 2.75) is 63.5 Å². The van der Waals surface area contributed by atoms with Crippen molar-refractivity contribution in [3.05, 3.63) is 103 Å². The lowest BCUT2D eigenvalue weighted by Gasteiger charge is -2.12. The fraction of sp³-hybridized carbons (Fsp3) is 0.279. The Hall–Kier alpha value is -6.31. The Morgan fingerprint density at radius 3 is 1.50 bits per heavy atom. The molecule has 9 rings (SSSR count). The molecule has 2 amide bonds. The summed E-state index contributed by atoms with van der Waals surface area (Å²) in [6.45, 7) is 0.603. The van der Waals surface area contributed by atoms with Crippen molar-refractivity contribution in [2.75, 3.05) is 23.7 Å². The highest BCUT2D eigenvalue weighted by Crippen LogP contribution is 2.27. The molecule has 4 N–H and O–H groups in total. The van der Waals surface area contributed by atoms with Crippen LogP contribution in [0.5, 0.6) is 0 Å². The number of hydrogen-bond donors (Lipinski definition) is 4. The average molecular weight is 746 g/mol. The second-order valence-corrected chi connectivity index (χ2v) is 14.8. The van der Waals surface area contributed by atoms with E-state index in [4.69, 9.17) is 4.98 Å². The first-order valence-electron chi connectivity index (χ1n) is 19.5. The van der Waals surface area contributed by atoms with Gasteiger partial charge in [-0.05, 0) is 80.3 Å². The van der Waals surface area contributed by atoms with Crippen LogP contribution >= 0.6 is 0 Å². The molecule has 13 nitrogen and oxygen atoms in total. The SMILES string of the molecule is O=C(CNC1CCCC1)Nc1cccc(-c2cn(-c3ccc4cc5ccc(-n6cc(-c7cccc(NC(=O)CNC8CCCC8)c7)nn6)cc5nc4c3)nn2)c1. The van der Waals surface area contributed by atoms with E-state index in [2.05, 4.69) is 48.0 Å². The largest absolute Gasteiger partial charge is 0.325 e. The molecule has 282 valence electrons. The molecule has 7 aromatic rings. The Morgan fingerprint density at radius 2 is 1.04 bits per heavy atom. The highest BCUT2D eigenvalue weighted by Gasteiger charge is 2.17. The molecule has 0 atom stereocenters. The number of nitrogens with one attached hydrogen (secondary N) is 4. The number of rotatable bonds is 12. The topological polar surface area (TPSA) is 157 Å². The van der Waals surface area contributed by atoms with Gasteiger partial charge in [-0.2, -0.15) is 0 Å². The van der Waals surface area contributed by atoms with Gasteiger partial charge in [0.15, 0.2) is 0 Å². The first-order valence-corrected chi connectivity index (χ1v) is 19.5. The second kappa shape index (κ2) is 15.8. The monoisotopic (exact) mass is 745 g/mol. The van der Waals surface area contributed by atoms with Crippen molar-refractivity contribution in [3.63, 3.8) is 0 Å². The third-order valence-corrected chi connectivity index (χ3v) is 10.8. The van der Waals surface area contributed by atoms with Gasteiger partial charge in [0.25, 0.3) is 0 Å². The Kier molecular flexibility index (Phi) is 9.99. The van der Waals surface area contributed by atoms with Crippen LogP contribution in [0.3, 0.4) is 0 Å². The summed E-state index contributed by atoms with van der Waals surface area (Å²) in [7, 11) is 0. The summed E-state index contributed by atoms with van der Waals surface area (Å²) in [6, 6.07) is 30.4. The van der Waals surface area contributed by atoms with Gasteiger partial charge < -0.3 is 21.3 Å². The van der Waals surface area contributed by atoms with Gasteiger partial charge in [0.05, 0.1) is 47.9 Å². The van der Waals surface area contributed by atoms with E-state index in [0.717, 1.165) is 81.4 Å². The van der Waals surface area contributed by atoms with E-state index < -0.39 is 0 Å². The van der Waals surface area contributed by atoms with E-state index in [9.17, 15) is 9.59 Å². The molecule has 0 bridgehead atoms. The zero-order chi connectivity index (χ0) is 37.8. The van der Waals surface area contributed by atoms with Crippen LogP contribution in [0.4, 0.5) is 11.4 Å². The highest BCUT2D eigenvalue weighted by atomic mass is 16.2. The molecule has 2 aliphatic rings. The molecule has 0 spiro atoms. The lowest BCUT2D eigenvalue weighted by atomic mass is 10.1. The van der Waals surface area contributed by atoms with Crippen molar-refractivity contribution in [3.8, 4) is 33.9 Å². The molecule has 0 saturated heterocycles. The fourth-order valence-corrected chi connectivity index (χ4v) is 7.79. The molecule has 2 saturated carbocycles. The average Bonchev–Trinajstić information content (AvgIpc) is 4.07. The number of carbonyl (C=O) groups is 2. The first kappa shape index (κ1) is 35.4. The van der Waals surface area contributed by atoms with Crippen molar-refractivity contribution >= 4 is 45.0 Å². The summed E-state index contributed by atoms with van der Waals surface area (Å²) in [5.41, 5.74) is 7.81. The fourth-order valence-electron chi connectivity index (χ4n) is 7.79. The third-order valence-electron chi connectivity index (χ3n) is 10.8. The van der Waals surface area contributed by atoms with Gasteiger partial charge in [-0.3, -0.25) is 9.59 Å². The number of carbonyl (C=O) groups excluding carboxylic acids is 2. The molecular weight excluding hydrogens is 703 g/mol. The Balaban J connectivity index is 0.887. The number of nitrogens with zero attached hydrogens (tertiary/aromatic N) is 7. The molecule has 4 aromatic carbocycles. The minimum absolute atomic E-state index is 0.0569. The molecule has 56 heavy (non-hydrogen) atoms. The van der Waals surface area contributed by atoms with E-state index >= 15 is 0 Å².